The quantitative estimate of drug-likeness (QED) is 0.809. The third-order valence-corrected chi connectivity index (χ3v) is 7.20. The normalized spacial score (nSPS) is 15.5. The molecule has 0 aliphatic carbocycles. The van der Waals surface area contributed by atoms with Crippen molar-refractivity contribution in [3.8, 4) is 0 Å². The highest BCUT2D eigenvalue weighted by atomic mass is 35.5. The molecule has 1 aromatic carbocycles. The summed E-state index contributed by atoms with van der Waals surface area (Å²) >= 11 is 7.28. The molecule has 1 aromatic heterocycles. The molecule has 1 aliphatic heterocycles. The molecule has 0 radical (unpaired) electrons. The third-order valence-electron chi connectivity index (χ3n) is 3.52. The lowest BCUT2D eigenvalue weighted by Gasteiger charge is -2.16. The molecule has 20 heavy (non-hydrogen) atoms. The Labute approximate surface area is 127 Å². The number of hydrogen-bond acceptors (Lipinski definition) is 3. The van der Waals surface area contributed by atoms with Gasteiger partial charge in [0.25, 0.3) is 0 Å². The van der Waals surface area contributed by atoms with Gasteiger partial charge in [-0.3, -0.25) is 0 Å². The summed E-state index contributed by atoms with van der Waals surface area (Å²) in [5.41, 5.74) is 2.94. The standard InChI is InChI=1S/C14H14ClNO2S2/c1-10-9-19-13(6-15)14(10)20(17,18)16-7-11-4-2-3-5-12(11)8-16/h2-5,9H,6-8H2,1H3. The Balaban J connectivity index is 2.01. The van der Waals surface area contributed by atoms with E-state index >= 15 is 0 Å². The average molecular weight is 328 g/mol. The molecular weight excluding hydrogens is 314 g/mol. The summed E-state index contributed by atoms with van der Waals surface area (Å²) < 4.78 is 27.2. The van der Waals surface area contributed by atoms with Crippen LogP contribution in [0.3, 0.4) is 0 Å². The van der Waals surface area contributed by atoms with E-state index in [1.165, 1.54) is 15.6 Å². The minimum atomic E-state index is -3.48. The third kappa shape index (κ3) is 2.19. The van der Waals surface area contributed by atoms with Crippen LogP contribution >= 0.6 is 22.9 Å². The number of sulfonamides is 1. The molecule has 106 valence electrons. The van der Waals surface area contributed by atoms with Gasteiger partial charge in [-0.2, -0.15) is 4.31 Å². The highest BCUT2D eigenvalue weighted by Crippen LogP contribution is 2.34. The van der Waals surface area contributed by atoms with Crippen LogP contribution in [0.15, 0.2) is 34.5 Å². The number of halogens is 1. The zero-order valence-electron chi connectivity index (χ0n) is 11.0. The summed E-state index contributed by atoms with van der Waals surface area (Å²) in [5.74, 6) is 0.230. The summed E-state index contributed by atoms with van der Waals surface area (Å²) in [6.07, 6.45) is 0. The largest absolute Gasteiger partial charge is 0.245 e. The van der Waals surface area contributed by atoms with Crippen LogP contribution in [0.5, 0.6) is 0 Å². The van der Waals surface area contributed by atoms with E-state index in [1.807, 2.05) is 36.6 Å². The highest BCUT2D eigenvalue weighted by molar-refractivity contribution is 7.89. The van der Waals surface area contributed by atoms with E-state index in [-0.39, 0.29) is 5.88 Å². The van der Waals surface area contributed by atoms with E-state index in [4.69, 9.17) is 11.6 Å². The first kappa shape index (κ1) is 14.1. The molecule has 1 aliphatic rings. The van der Waals surface area contributed by atoms with Gasteiger partial charge >= 0.3 is 0 Å². The van der Waals surface area contributed by atoms with Crippen molar-refractivity contribution in [2.75, 3.05) is 0 Å². The van der Waals surface area contributed by atoms with Gasteiger partial charge in [-0.15, -0.1) is 22.9 Å². The molecular formula is C14H14ClNO2S2. The van der Waals surface area contributed by atoms with Gasteiger partial charge in [-0.05, 0) is 29.0 Å². The topological polar surface area (TPSA) is 37.4 Å². The van der Waals surface area contributed by atoms with Gasteiger partial charge in [0.2, 0.25) is 10.0 Å². The molecule has 0 saturated heterocycles. The van der Waals surface area contributed by atoms with Crippen LogP contribution in [0.25, 0.3) is 0 Å². The number of rotatable bonds is 3. The van der Waals surface area contributed by atoms with E-state index in [1.54, 1.807) is 0 Å². The first-order chi connectivity index (χ1) is 9.54. The fourth-order valence-electron chi connectivity index (χ4n) is 2.53. The van der Waals surface area contributed by atoms with E-state index in [0.29, 0.717) is 18.0 Å². The van der Waals surface area contributed by atoms with Crippen molar-refractivity contribution in [3.05, 3.63) is 51.2 Å². The lowest BCUT2D eigenvalue weighted by Crippen LogP contribution is -2.26. The summed E-state index contributed by atoms with van der Waals surface area (Å²) in [7, 11) is -3.48. The molecule has 3 rings (SSSR count). The number of fused-ring (bicyclic) bond motifs is 1. The smallest absolute Gasteiger partial charge is 0.207 e. The van der Waals surface area contributed by atoms with Gasteiger partial charge < -0.3 is 0 Å². The van der Waals surface area contributed by atoms with Gasteiger partial charge in [0.15, 0.2) is 0 Å². The maximum atomic E-state index is 12.8. The Kier molecular flexibility index (Phi) is 3.62. The van der Waals surface area contributed by atoms with Crippen LogP contribution in [-0.2, 0) is 29.0 Å². The SMILES string of the molecule is Cc1csc(CCl)c1S(=O)(=O)N1Cc2ccccc2C1. The molecule has 0 bridgehead atoms. The van der Waals surface area contributed by atoms with E-state index in [9.17, 15) is 8.42 Å². The second-order valence-corrected chi connectivity index (χ2v) is 7.95. The van der Waals surface area contributed by atoms with Crippen LogP contribution < -0.4 is 0 Å². The fraction of sp³-hybridized carbons (Fsp3) is 0.286. The van der Waals surface area contributed by atoms with Gasteiger partial charge in [0, 0.05) is 18.0 Å². The number of nitrogens with zero attached hydrogens (tertiary/aromatic N) is 1. The van der Waals surface area contributed by atoms with Crippen LogP contribution in [0.2, 0.25) is 0 Å². The zero-order chi connectivity index (χ0) is 14.3. The molecule has 6 heteroatoms. The maximum absolute atomic E-state index is 12.8. The minimum Gasteiger partial charge on any atom is -0.207 e. The lowest BCUT2D eigenvalue weighted by atomic mass is 10.1. The summed E-state index contributed by atoms with van der Waals surface area (Å²) in [4.78, 5) is 1.12. The van der Waals surface area contributed by atoms with Crippen LogP contribution in [-0.4, -0.2) is 12.7 Å². The zero-order valence-corrected chi connectivity index (χ0v) is 13.4. The molecule has 0 amide bonds. The predicted molar refractivity (Wildman–Crippen MR) is 81.5 cm³/mol. The van der Waals surface area contributed by atoms with Crippen molar-refractivity contribution in [3.63, 3.8) is 0 Å². The number of thiophene rings is 1. The summed E-state index contributed by atoms with van der Waals surface area (Å²) in [6.45, 7) is 2.70. The minimum absolute atomic E-state index is 0.230. The fourth-order valence-corrected chi connectivity index (χ4v) is 5.93. The van der Waals surface area contributed by atoms with Gasteiger partial charge in [-0.1, -0.05) is 24.3 Å². The molecule has 0 saturated carbocycles. The number of aryl methyl sites for hydroxylation is 1. The average Bonchev–Trinajstić information content (AvgIpc) is 3.02. The molecule has 2 heterocycles. The molecule has 0 fully saturated rings. The summed E-state index contributed by atoms with van der Waals surface area (Å²) in [5, 5.41) is 1.85. The van der Waals surface area contributed by atoms with Gasteiger partial charge in [-0.25, -0.2) is 8.42 Å². The van der Waals surface area contributed by atoms with Crippen LogP contribution in [0, 0.1) is 6.92 Å². The monoisotopic (exact) mass is 327 g/mol. The number of benzene rings is 1. The molecule has 0 N–H and O–H groups in total. The van der Waals surface area contributed by atoms with E-state index in [0.717, 1.165) is 21.6 Å². The number of hydrogen-bond donors (Lipinski definition) is 0. The second kappa shape index (κ2) is 5.15. The van der Waals surface area contributed by atoms with Crippen molar-refractivity contribution >= 4 is 33.0 Å². The summed E-state index contributed by atoms with van der Waals surface area (Å²) in [6, 6.07) is 7.84. The molecule has 3 nitrogen and oxygen atoms in total. The van der Waals surface area contributed by atoms with Crippen LogP contribution in [0.1, 0.15) is 21.6 Å². The molecule has 0 spiro atoms. The highest BCUT2D eigenvalue weighted by Gasteiger charge is 2.33. The van der Waals surface area contributed by atoms with Crippen LogP contribution in [0.4, 0.5) is 0 Å². The first-order valence-corrected chi connectivity index (χ1v) is 9.09. The second-order valence-electron chi connectivity index (χ2n) is 4.85. The van der Waals surface area contributed by atoms with Crippen molar-refractivity contribution in [2.24, 2.45) is 0 Å². The van der Waals surface area contributed by atoms with Crippen molar-refractivity contribution in [2.45, 2.75) is 30.8 Å². The lowest BCUT2D eigenvalue weighted by molar-refractivity contribution is 0.431. The Hall–Kier alpha value is -0.880. The van der Waals surface area contributed by atoms with Crippen molar-refractivity contribution < 1.29 is 8.42 Å². The molecule has 0 atom stereocenters. The molecule has 2 aromatic rings. The molecule has 0 unspecified atom stereocenters. The predicted octanol–water partition coefficient (Wildman–Crippen LogP) is 3.50. The Morgan fingerprint density at radius 2 is 1.85 bits per heavy atom. The number of alkyl halides is 1. The Morgan fingerprint density at radius 3 is 2.40 bits per heavy atom. The Bertz CT molecular complexity index is 727. The van der Waals surface area contributed by atoms with E-state index in [2.05, 4.69) is 0 Å². The first-order valence-electron chi connectivity index (χ1n) is 6.24. The van der Waals surface area contributed by atoms with Gasteiger partial charge in [0.1, 0.15) is 4.90 Å². The van der Waals surface area contributed by atoms with E-state index < -0.39 is 10.0 Å². The van der Waals surface area contributed by atoms with Gasteiger partial charge in [0.05, 0.1) is 5.88 Å². The van der Waals surface area contributed by atoms with Crippen molar-refractivity contribution in [1.29, 1.82) is 0 Å². The Morgan fingerprint density at radius 1 is 1.25 bits per heavy atom. The van der Waals surface area contributed by atoms with Crippen molar-refractivity contribution in [1.82, 2.24) is 4.31 Å². The maximum Gasteiger partial charge on any atom is 0.245 e.